The van der Waals surface area contributed by atoms with Gasteiger partial charge in [-0.25, -0.2) is 0 Å². The molecule has 22 heavy (non-hydrogen) atoms. The lowest BCUT2D eigenvalue weighted by Gasteiger charge is -2.13. The minimum absolute atomic E-state index is 0.0885. The fourth-order valence-corrected chi connectivity index (χ4v) is 3.29. The Morgan fingerprint density at radius 2 is 1.73 bits per heavy atom. The predicted octanol–water partition coefficient (Wildman–Crippen LogP) is 4.86. The molecule has 0 unspecified atom stereocenters. The normalized spacial score (nSPS) is 14.8. The molecule has 0 atom stereocenters. The Balaban J connectivity index is 1.63. The van der Waals surface area contributed by atoms with Gasteiger partial charge in [0.1, 0.15) is 5.75 Å². The summed E-state index contributed by atoms with van der Waals surface area (Å²) in [7, 11) is 0. The first kappa shape index (κ1) is 15.3. The van der Waals surface area contributed by atoms with Gasteiger partial charge in [0.25, 0.3) is 5.91 Å². The van der Waals surface area contributed by atoms with Crippen LogP contribution < -0.4 is 10.1 Å². The van der Waals surface area contributed by atoms with Crippen molar-refractivity contribution in [1.82, 2.24) is 0 Å². The number of carbonyl (C=O) groups excluding carboxylic acids is 1. The van der Waals surface area contributed by atoms with Gasteiger partial charge in [0, 0.05) is 9.26 Å². The van der Waals surface area contributed by atoms with Crippen molar-refractivity contribution < 1.29 is 9.53 Å². The van der Waals surface area contributed by atoms with Crippen LogP contribution in [0.4, 0.5) is 5.69 Å². The molecule has 1 aliphatic rings. The Morgan fingerprint density at radius 1 is 1.05 bits per heavy atom. The highest BCUT2D eigenvalue weighted by Crippen LogP contribution is 2.25. The molecule has 1 N–H and O–H groups in total. The van der Waals surface area contributed by atoms with Crippen LogP contribution in [0.15, 0.2) is 48.5 Å². The smallest absolute Gasteiger partial charge is 0.256 e. The summed E-state index contributed by atoms with van der Waals surface area (Å²) in [6.45, 7) is 0. The van der Waals surface area contributed by atoms with Crippen molar-refractivity contribution in [1.29, 1.82) is 0 Å². The molecular formula is C18H18INO2. The molecule has 0 aliphatic heterocycles. The van der Waals surface area contributed by atoms with E-state index in [2.05, 4.69) is 27.9 Å². The first-order valence-electron chi connectivity index (χ1n) is 7.55. The molecule has 1 amide bonds. The fraction of sp³-hybridized carbons (Fsp3) is 0.278. The van der Waals surface area contributed by atoms with Crippen molar-refractivity contribution in [3.63, 3.8) is 0 Å². The molecule has 0 aromatic heterocycles. The van der Waals surface area contributed by atoms with Crippen LogP contribution in [0.5, 0.6) is 5.75 Å². The van der Waals surface area contributed by atoms with E-state index in [1.54, 1.807) is 0 Å². The molecule has 0 heterocycles. The van der Waals surface area contributed by atoms with E-state index in [0.29, 0.717) is 11.7 Å². The van der Waals surface area contributed by atoms with Crippen LogP contribution >= 0.6 is 22.6 Å². The second kappa shape index (κ2) is 7.13. The van der Waals surface area contributed by atoms with Crippen molar-refractivity contribution in [3.8, 4) is 5.75 Å². The number of rotatable bonds is 4. The van der Waals surface area contributed by atoms with Crippen molar-refractivity contribution in [2.24, 2.45) is 0 Å². The van der Waals surface area contributed by atoms with Gasteiger partial charge >= 0.3 is 0 Å². The van der Waals surface area contributed by atoms with Crippen LogP contribution in [0, 0.1) is 3.57 Å². The number of nitrogens with one attached hydrogen (secondary N) is 1. The monoisotopic (exact) mass is 407 g/mol. The number of anilines is 1. The third-order valence-electron chi connectivity index (χ3n) is 3.84. The van der Waals surface area contributed by atoms with Crippen LogP contribution in [-0.2, 0) is 0 Å². The molecule has 3 nitrogen and oxygen atoms in total. The average molecular weight is 407 g/mol. The summed E-state index contributed by atoms with van der Waals surface area (Å²) in [6.07, 6.45) is 5.16. The summed E-state index contributed by atoms with van der Waals surface area (Å²) in [5.41, 5.74) is 1.47. The Kier molecular flexibility index (Phi) is 4.97. The molecular weight excluding hydrogens is 389 g/mol. The lowest BCUT2D eigenvalue weighted by Crippen LogP contribution is -2.13. The van der Waals surface area contributed by atoms with Crippen LogP contribution in [-0.4, -0.2) is 12.0 Å². The van der Waals surface area contributed by atoms with E-state index in [9.17, 15) is 4.79 Å². The molecule has 1 saturated carbocycles. The summed E-state index contributed by atoms with van der Waals surface area (Å²) in [6, 6.07) is 15.2. The Hall–Kier alpha value is -1.56. The molecule has 1 fully saturated rings. The predicted molar refractivity (Wildman–Crippen MR) is 96.4 cm³/mol. The molecule has 2 aromatic carbocycles. The van der Waals surface area contributed by atoms with Gasteiger partial charge < -0.3 is 10.1 Å². The van der Waals surface area contributed by atoms with E-state index in [1.807, 2.05) is 48.5 Å². The third kappa shape index (κ3) is 3.80. The molecule has 3 rings (SSSR count). The highest BCUT2D eigenvalue weighted by Gasteiger charge is 2.16. The van der Waals surface area contributed by atoms with Gasteiger partial charge in [-0.2, -0.15) is 0 Å². The maximum Gasteiger partial charge on any atom is 0.256 e. The van der Waals surface area contributed by atoms with E-state index >= 15 is 0 Å². The summed E-state index contributed by atoms with van der Waals surface area (Å²) >= 11 is 2.17. The van der Waals surface area contributed by atoms with Gasteiger partial charge in [0.05, 0.1) is 11.7 Å². The molecule has 1 aliphatic carbocycles. The molecule has 0 spiro atoms. The van der Waals surface area contributed by atoms with Gasteiger partial charge in [-0.05, 0) is 84.7 Å². The van der Waals surface area contributed by atoms with Gasteiger partial charge in [0.2, 0.25) is 0 Å². The number of hydrogen-bond donors (Lipinski definition) is 1. The van der Waals surface area contributed by atoms with E-state index in [0.717, 1.165) is 27.8 Å². The van der Waals surface area contributed by atoms with E-state index in [4.69, 9.17) is 4.74 Å². The van der Waals surface area contributed by atoms with Gasteiger partial charge in [0.15, 0.2) is 0 Å². The van der Waals surface area contributed by atoms with Gasteiger partial charge in [-0.1, -0.05) is 12.1 Å². The summed E-state index contributed by atoms with van der Waals surface area (Å²) < 4.78 is 6.87. The largest absolute Gasteiger partial charge is 0.490 e. The van der Waals surface area contributed by atoms with Crippen LogP contribution in [0.25, 0.3) is 0 Å². The number of hydrogen-bond acceptors (Lipinski definition) is 2. The quantitative estimate of drug-likeness (QED) is 0.735. The maximum atomic E-state index is 12.3. The third-order valence-corrected chi connectivity index (χ3v) is 4.78. The zero-order valence-corrected chi connectivity index (χ0v) is 14.4. The first-order valence-corrected chi connectivity index (χ1v) is 8.63. The molecule has 0 bridgehead atoms. The fourth-order valence-electron chi connectivity index (χ4n) is 2.66. The van der Waals surface area contributed by atoms with E-state index in [1.165, 1.54) is 12.8 Å². The number of ether oxygens (including phenoxy) is 1. The second-order valence-corrected chi connectivity index (χ2v) is 6.64. The van der Waals surface area contributed by atoms with Crippen molar-refractivity contribution in [2.75, 3.05) is 5.32 Å². The lowest BCUT2D eigenvalue weighted by atomic mass is 10.2. The van der Waals surface area contributed by atoms with Crippen molar-refractivity contribution in [2.45, 2.75) is 31.8 Å². The standard InChI is InChI=1S/C18H18INO2/c19-17-8-4-3-7-16(17)18(21)20-13-9-11-15(12-10-13)22-14-5-1-2-6-14/h3-4,7-12,14H,1-2,5-6H2,(H,20,21). The molecule has 0 radical (unpaired) electrons. The number of halogens is 1. The van der Waals surface area contributed by atoms with Crippen LogP contribution in [0.3, 0.4) is 0 Å². The minimum atomic E-state index is -0.0885. The number of carbonyl (C=O) groups is 1. The average Bonchev–Trinajstić information content (AvgIpc) is 3.02. The van der Waals surface area contributed by atoms with Gasteiger partial charge in [-0.15, -0.1) is 0 Å². The highest BCUT2D eigenvalue weighted by molar-refractivity contribution is 14.1. The zero-order valence-electron chi connectivity index (χ0n) is 12.2. The maximum absolute atomic E-state index is 12.3. The molecule has 4 heteroatoms. The summed E-state index contributed by atoms with van der Waals surface area (Å²) in [4.78, 5) is 12.3. The van der Waals surface area contributed by atoms with E-state index < -0.39 is 0 Å². The Bertz CT molecular complexity index is 648. The summed E-state index contributed by atoms with van der Waals surface area (Å²) in [5, 5.41) is 2.92. The number of amides is 1. The topological polar surface area (TPSA) is 38.3 Å². The SMILES string of the molecule is O=C(Nc1ccc(OC2CCCC2)cc1)c1ccccc1I. The Labute approximate surface area is 144 Å². The minimum Gasteiger partial charge on any atom is -0.490 e. The lowest BCUT2D eigenvalue weighted by molar-refractivity contribution is 0.102. The second-order valence-electron chi connectivity index (χ2n) is 5.48. The van der Waals surface area contributed by atoms with Gasteiger partial charge in [-0.3, -0.25) is 4.79 Å². The molecule has 2 aromatic rings. The number of benzene rings is 2. The Morgan fingerprint density at radius 3 is 2.41 bits per heavy atom. The van der Waals surface area contributed by atoms with Crippen molar-refractivity contribution in [3.05, 3.63) is 57.7 Å². The highest BCUT2D eigenvalue weighted by atomic mass is 127. The van der Waals surface area contributed by atoms with E-state index in [-0.39, 0.29) is 5.91 Å². The van der Waals surface area contributed by atoms with Crippen LogP contribution in [0.2, 0.25) is 0 Å². The first-order chi connectivity index (χ1) is 10.7. The van der Waals surface area contributed by atoms with Crippen molar-refractivity contribution >= 4 is 34.2 Å². The molecule has 114 valence electrons. The van der Waals surface area contributed by atoms with Crippen LogP contribution in [0.1, 0.15) is 36.0 Å². The zero-order chi connectivity index (χ0) is 15.4. The summed E-state index contributed by atoms with van der Waals surface area (Å²) in [5.74, 6) is 0.786. The molecule has 0 saturated heterocycles.